The lowest BCUT2D eigenvalue weighted by Crippen LogP contribution is -2.42. The molecule has 1 aromatic rings. The van der Waals surface area contributed by atoms with Gasteiger partial charge in [0.15, 0.2) is 5.78 Å². The van der Waals surface area contributed by atoms with Crippen LogP contribution in [0.1, 0.15) is 42.1 Å². The number of Topliss-reactive ketones (excluding diaryl/α,β-unsaturated/α-hetero) is 1. The van der Waals surface area contributed by atoms with Crippen LogP contribution in [0.3, 0.4) is 0 Å². The summed E-state index contributed by atoms with van der Waals surface area (Å²) >= 11 is 0. The zero-order valence-corrected chi connectivity index (χ0v) is 12.6. The van der Waals surface area contributed by atoms with Gasteiger partial charge >= 0.3 is 0 Å². The molecule has 1 amide bonds. The minimum absolute atomic E-state index is 0.0612. The number of likely N-dealkylation sites (tertiary alicyclic amines) is 1. The zero-order valence-electron chi connectivity index (χ0n) is 12.6. The molecule has 2 rings (SSSR count). The highest BCUT2D eigenvalue weighted by atomic mass is 16.3. The number of hydrogen-bond acceptors (Lipinski definition) is 3. The first-order valence-electron chi connectivity index (χ1n) is 7.49. The summed E-state index contributed by atoms with van der Waals surface area (Å²) in [5.74, 6) is -0.565. The van der Waals surface area contributed by atoms with Crippen LogP contribution in [-0.2, 0) is 9.90 Å². The van der Waals surface area contributed by atoms with Crippen molar-refractivity contribution in [2.24, 2.45) is 5.92 Å². The Kier molecular flexibility index (Phi) is 5.29. The van der Waals surface area contributed by atoms with E-state index in [1.54, 1.807) is 36.1 Å². The number of nitrogens with zero attached hydrogens (tertiary/aromatic N) is 2. The van der Waals surface area contributed by atoms with Crippen LogP contribution in [0.4, 0.5) is 0 Å². The van der Waals surface area contributed by atoms with Crippen molar-refractivity contribution in [3.63, 3.8) is 0 Å². The molecular formula is C17H19N2O3. The number of carbonyl (C=O) groups excluding carboxylic acids is 2. The fourth-order valence-electron chi connectivity index (χ4n) is 2.60. The highest BCUT2D eigenvalue weighted by molar-refractivity contribution is 5.98. The van der Waals surface area contributed by atoms with Crippen molar-refractivity contribution in [2.45, 2.75) is 32.3 Å². The Morgan fingerprint density at radius 2 is 1.86 bits per heavy atom. The summed E-state index contributed by atoms with van der Waals surface area (Å²) < 4.78 is 0. The molecule has 1 radical (unpaired) electrons. The fourth-order valence-corrected chi connectivity index (χ4v) is 2.60. The fraction of sp³-hybridized carbons (Fsp3) is 0.471. The Hall–Kier alpha value is -2.19. The van der Waals surface area contributed by atoms with Crippen LogP contribution < -0.4 is 0 Å². The van der Waals surface area contributed by atoms with Gasteiger partial charge < -0.3 is 4.90 Å². The molecule has 1 fully saturated rings. The van der Waals surface area contributed by atoms with Crippen LogP contribution in [0.25, 0.3) is 0 Å². The van der Waals surface area contributed by atoms with E-state index in [4.69, 9.17) is 5.26 Å². The first-order chi connectivity index (χ1) is 10.5. The van der Waals surface area contributed by atoms with Crippen molar-refractivity contribution in [3.05, 3.63) is 35.4 Å². The normalized spacial score (nSPS) is 16.9. The summed E-state index contributed by atoms with van der Waals surface area (Å²) in [6.45, 7) is 2.72. The summed E-state index contributed by atoms with van der Waals surface area (Å²) in [6, 6.07) is 8.42. The Morgan fingerprint density at radius 1 is 1.27 bits per heavy atom. The molecule has 0 spiro atoms. The van der Waals surface area contributed by atoms with Crippen LogP contribution >= 0.6 is 0 Å². The maximum atomic E-state index is 12.3. The van der Waals surface area contributed by atoms with Gasteiger partial charge in [-0.25, -0.2) is 5.11 Å². The van der Waals surface area contributed by atoms with E-state index in [-0.39, 0.29) is 18.1 Å². The summed E-state index contributed by atoms with van der Waals surface area (Å²) in [5.41, 5.74) is 1.01. The molecule has 1 heterocycles. The first-order valence-corrected chi connectivity index (χ1v) is 7.49. The molecule has 1 aliphatic rings. The predicted octanol–water partition coefficient (Wildman–Crippen LogP) is 2.19. The largest absolute Gasteiger partial charge is 0.342 e. The lowest BCUT2D eigenvalue weighted by Gasteiger charge is -2.30. The van der Waals surface area contributed by atoms with E-state index in [0.29, 0.717) is 37.1 Å². The van der Waals surface area contributed by atoms with Crippen LogP contribution in [0.15, 0.2) is 24.3 Å². The molecule has 1 aliphatic heterocycles. The van der Waals surface area contributed by atoms with Gasteiger partial charge in [-0.2, -0.15) is 5.26 Å². The summed E-state index contributed by atoms with van der Waals surface area (Å²) in [4.78, 5) is 26.2. The summed E-state index contributed by atoms with van der Waals surface area (Å²) in [5, 5.41) is 20.0. The Labute approximate surface area is 130 Å². The molecule has 1 atom stereocenters. The van der Waals surface area contributed by atoms with Gasteiger partial charge in [0, 0.05) is 31.0 Å². The third-order valence-electron chi connectivity index (χ3n) is 4.00. The van der Waals surface area contributed by atoms with E-state index in [1.807, 2.05) is 6.07 Å². The van der Waals surface area contributed by atoms with Gasteiger partial charge in [-0.3, -0.25) is 9.59 Å². The monoisotopic (exact) mass is 299 g/mol. The van der Waals surface area contributed by atoms with Gasteiger partial charge in [0.05, 0.1) is 17.7 Å². The van der Waals surface area contributed by atoms with E-state index in [1.165, 1.54) is 0 Å². The van der Waals surface area contributed by atoms with Crippen molar-refractivity contribution in [1.82, 2.24) is 4.90 Å². The number of carbonyl (C=O) groups is 2. The lowest BCUT2D eigenvalue weighted by atomic mass is 9.97. The second kappa shape index (κ2) is 7.19. The number of amides is 1. The Morgan fingerprint density at radius 3 is 2.41 bits per heavy atom. The molecule has 0 bridgehead atoms. The van der Waals surface area contributed by atoms with Crippen molar-refractivity contribution in [3.8, 4) is 6.07 Å². The molecule has 5 nitrogen and oxygen atoms in total. The average Bonchev–Trinajstić information content (AvgIpc) is 2.54. The summed E-state index contributed by atoms with van der Waals surface area (Å²) in [7, 11) is 0. The maximum absolute atomic E-state index is 12.3. The van der Waals surface area contributed by atoms with Crippen LogP contribution in [-0.4, -0.2) is 35.8 Å². The van der Waals surface area contributed by atoms with Gasteiger partial charge in [-0.05, 0) is 25.0 Å². The Bertz CT molecular complexity index is 581. The third-order valence-corrected chi connectivity index (χ3v) is 4.00. The maximum Gasteiger partial charge on any atom is 0.225 e. The molecule has 5 heteroatoms. The van der Waals surface area contributed by atoms with Crippen molar-refractivity contribution in [2.75, 3.05) is 13.1 Å². The van der Waals surface area contributed by atoms with Gasteiger partial charge in [0.1, 0.15) is 0 Å². The van der Waals surface area contributed by atoms with Gasteiger partial charge in [-0.1, -0.05) is 19.1 Å². The topological polar surface area (TPSA) is 81.1 Å². The van der Waals surface area contributed by atoms with Crippen LogP contribution in [0, 0.1) is 17.2 Å². The number of piperidine rings is 1. The molecule has 1 unspecified atom stereocenters. The Balaban J connectivity index is 1.92. The molecule has 1 aromatic carbocycles. The van der Waals surface area contributed by atoms with Gasteiger partial charge in [0.2, 0.25) is 5.91 Å². The van der Waals surface area contributed by atoms with Crippen molar-refractivity contribution >= 4 is 11.7 Å². The van der Waals surface area contributed by atoms with Gasteiger partial charge in [0.25, 0.3) is 0 Å². The minimum atomic E-state index is -0.570. The molecule has 0 aliphatic carbocycles. The first kappa shape index (κ1) is 16.2. The summed E-state index contributed by atoms with van der Waals surface area (Å²) in [6.07, 6.45) is 0.547. The quantitative estimate of drug-likeness (QED) is 0.799. The predicted molar refractivity (Wildman–Crippen MR) is 79.6 cm³/mol. The molecule has 1 saturated heterocycles. The highest BCUT2D eigenvalue weighted by Crippen LogP contribution is 2.17. The molecule has 22 heavy (non-hydrogen) atoms. The van der Waals surface area contributed by atoms with E-state index in [2.05, 4.69) is 0 Å². The van der Waals surface area contributed by atoms with E-state index in [0.717, 1.165) is 0 Å². The molecular weight excluding hydrogens is 280 g/mol. The molecule has 0 aromatic heterocycles. The number of nitriles is 1. The number of rotatable bonds is 4. The minimum Gasteiger partial charge on any atom is -0.342 e. The molecule has 0 saturated carbocycles. The van der Waals surface area contributed by atoms with E-state index < -0.39 is 12.0 Å². The van der Waals surface area contributed by atoms with E-state index in [9.17, 15) is 14.7 Å². The number of ketones is 1. The molecule has 115 valence electrons. The van der Waals surface area contributed by atoms with Crippen LogP contribution in [0.2, 0.25) is 0 Å². The zero-order chi connectivity index (χ0) is 16.1. The number of benzene rings is 1. The second-order valence-corrected chi connectivity index (χ2v) is 5.74. The van der Waals surface area contributed by atoms with E-state index >= 15 is 0 Å². The smallest absolute Gasteiger partial charge is 0.225 e. The molecule has 0 N–H and O–H groups in total. The standard InChI is InChI=1S/C17H19N2O3/c1-12(17(22)19-8-6-15(20)7-9-19)10-16(21)14-4-2-13(11-18)3-5-14/h2-5,12,15H,6-10H2,1H3. The van der Waals surface area contributed by atoms with Crippen molar-refractivity contribution in [1.29, 1.82) is 5.26 Å². The average molecular weight is 299 g/mol. The lowest BCUT2D eigenvalue weighted by molar-refractivity contribution is -0.137. The highest BCUT2D eigenvalue weighted by Gasteiger charge is 2.27. The SMILES string of the molecule is CC(CC(=O)c1ccc(C#N)cc1)C(=O)N1CCC([O])CC1. The van der Waals surface area contributed by atoms with Crippen LogP contribution in [0.5, 0.6) is 0 Å². The third kappa shape index (κ3) is 3.92. The number of hydrogen-bond donors (Lipinski definition) is 0. The van der Waals surface area contributed by atoms with Crippen molar-refractivity contribution < 1.29 is 14.7 Å². The second-order valence-electron chi connectivity index (χ2n) is 5.74. The van der Waals surface area contributed by atoms with Gasteiger partial charge in [-0.15, -0.1) is 0 Å².